The van der Waals surface area contributed by atoms with E-state index in [9.17, 15) is 9.18 Å². The van der Waals surface area contributed by atoms with Crippen molar-refractivity contribution in [1.82, 2.24) is 10.6 Å². The second kappa shape index (κ2) is 6.41. The molecule has 0 spiro atoms. The van der Waals surface area contributed by atoms with Crippen LogP contribution < -0.4 is 10.6 Å². The standard InChI is InChI=1S/C12H14ClFN2OS/c13-9-5-8(1-2-10(9)14)6-16-12(17)11-7-18-4-3-15-11/h1-2,5,11,15H,3-4,6-7H2,(H,16,17). The zero-order valence-corrected chi connectivity index (χ0v) is 11.3. The Kier molecular flexibility index (Phi) is 4.86. The SMILES string of the molecule is O=C(NCc1ccc(F)c(Cl)c1)C1CSCCN1. The maximum absolute atomic E-state index is 13.0. The van der Waals surface area contributed by atoms with E-state index in [1.165, 1.54) is 12.1 Å². The molecule has 2 rings (SSSR count). The number of nitrogens with one attached hydrogen (secondary N) is 2. The summed E-state index contributed by atoms with van der Waals surface area (Å²) in [5.41, 5.74) is 0.790. The summed E-state index contributed by atoms with van der Waals surface area (Å²) in [5.74, 6) is 1.35. The molecule has 1 aromatic carbocycles. The molecule has 1 amide bonds. The minimum absolute atomic E-state index is 0.0253. The summed E-state index contributed by atoms with van der Waals surface area (Å²) in [4.78, 5) is 11.8. The molecule has 0 saturated carbocycles. The average molecular weight is 289 g/mol. The monoisotopic (exact) mass is 288 g/mol. The predicted octanol–water partition coefficient (Wildman–Crippen LogP) is 1.80. The minimum atomic E-state index is -0.447. The van der Waals surface area contributed by atoms with Crippen LogP contribution in [0.25, 0.3) is 0 Å². The van der Waals surface area contributed by atoms with Gasteiger partial charge < -0.3 is 10.6 Å². The smallest absolute Gasteiger partial charge is 0.238 e. The number of benzene rings is 1. The Balaban J connectivity index is 1.86. The Morgan fingerprint density at radius 1 is 1.61 bits per heavy atom. The van der Waals surface area contributed by atoms with Gasteiger partial charge in [-0.25, -0.2) is 4.39 Å². The van der Waals surface area contributed by atoms with Gasteiger partial charge in [-0.1, -0.05) is 17.7 Å². The van der Waals surface area contributed by atoms with Crippen molar-refractivity contribution in [3.05, 3.63) is 34.6 Å². The highest BCUT2D eigenvalue weighted by molar-refractivity contribution is 7.99. The molecule has 1 saturated heterocycles. The van der Waals surface area contributed by atoms with Gasteiger partial charge in [0.25, 0.3) is 0 Å². The van der Waals surface area contributed by atoms with E-state index in [0.29, 0.717) is 6.54 Å². The van der Waals surface area contributed by atoms with E-state index < -0.39 is 5.82 Å². The lowest BCUT2D eigenvalue weighted by Gasteiger charge is -2.22. The van der Waals surface area contributed by atoms with E-state index in [0.717, 1.165) is 23.6 Å². The Labute approximate surface area is 114 Å². The van der Waals surface area contributed by atoms with E-state index in [1.807, 2.05) is 0 Å². The number of hydrogen-bond donors (Lipinski definition) is 2. The zero-order chi connectivity index (χ0) is 13.0. The number of hydrogen-bond acceptors (Lipinski definition) is 3. The van der Waals surface area contributed by atoms with Gasteiger partial charge in [0.15, 0.2) is 0 Å². The van der Waals surface area contributed by atoms with Crippen LogP contribution >= 0.6 is 23.4 Å². The van der Waals surface area contributed by atoms with Crippen LogP contribution in [0.1, 0.15) is 5.56 Å². The molecule has 98 valence electrons. The van der Waals surface area contributed by atoms with Gasteiger partial charge in [-0.3, -0.25) is 4.79 Å². The summed E-state index contributed by atoms with van der Waals surface area (Å²) in [6, 6.07) is 4.31. The van der Waals surface area contributed by atoms with Gasteiger partial charge in [-0.2, -0.15) is 11.8 Å². The molecule has 6 heteroatoms. The van der Waals surface area contributed by atoms with E-state index in [-0.39, 0.29) is 17.0 Å². The Hall–Kier alpha value is -0.780. The Bertz CT molecular complexity index is 438. The van der Waals surface area contributed by atoms with Crippen LogP contribution in [0.15, 0.2) is 18.2 Å². The van der Waals surface area contributed by atoms with E-state index in [1.54, 1.807) is 17.8 Å². The molecule has 2 N–H and O–H groups in total. The third kappa shape index (κ3) is 3.60. The van der Waals surface area contributed by atoms with E-state index in [2.05, 4.69) is 10.6 Å². The second-order valence-electron chi connectivity index (χ2n) is 4.05. The quantitative estimate of drug-likeness (QED) is 0.891. The van der Waals surface area contributed by atoms with Gasteiger partial charge >= 0.3 is 0 Å². The number of carbonyl (C=O) groups excluding carboxylic acids is 1. The van der Waals surface area contributed by atoms with Crippen LogP contribution in [0, 0.1) is 5.82 Å². The third-order valence-corrected chi connectivity index (χ3v) is 4.04. The average Bonchev–Trinajstić information content (AvgIpc) is 2.41. The molecule has 0 bridgehead atoms. The lowest BCUT2D eigenvalue weighted by atomic mass is 10.2. The molecule has 1 atom stereocenters. The normalized spacial score (nSPS) is 19.6. The highest BCUT2D eigenvalue weighted by atomic mass is 35.5. The minimum Gasteiger partial charge on any atom is -0.351 e. The van der Waals surface area contributed by atoms with Crippen LogP contribution in [0.5, 0.6) is 0 Å². The van der Waals surface area contributed by atoms with Crippen molar-refractivity contribution in [1.29, 1.82) is 0 Å². The van der Waals surface area contributed by atoms with Crippen LogP contribution in [0.2, 0.25) is 5.02 Å². The fourth-order valence-corrected chi connectivity index (χ4v) is 2.83. The first-order valence-electron chi connectivity index (χ1n) is 5.69. The topological polar surface area (TPSA) is 41.1 Å². The molecular formula is C12H14ClFN2OS. The third-order valence-electron chi connectivity index (χ3n) is 2.69. The molecule has 0 aliphatic carbocycles. The van der Waals surface area contributed by atoms with Crippen LogP contribution in [-0.4, -0.2) is 30.0 Å². The zero-order valence-electron chi connectivity index (χ0n) is 9.71. The van der Waals surface area contributed by atoms with Gasteiger partial charge in [0.1, 0.15) is 5.82 Å². The number of rotatable bonds is 3. The maximum atomic E-state index is 13.0. The maximum Gasteiger partial charge on any atom is 0.238 e. The molecule has 1 fully saturated rings. The molecule has 0 radical (unpaired) electrons. The van der Waals surface area contributed by atoms with Crippen LogP contribution in [0.4, 0.5) is 4.39 Å². The van der Waals surface area contributed by atoms with Crippen molar-refractivity contribution in [2.24, 2.45) is 0 Å². The molecule has 1 aromatic rings. The summed E-state index contributed by atoms with van der Waals surface area (Å²) in [5, 5.41) is 6.05. The number of amides is 1. The lowest BCUT2D eigenvalue weighted by Crippen LogP contribution is -2.48. The van der Waals surface area contributed by atoms with Gasteiger partial charge in [-0.15, -0.1) is 0 Å². The molecule has 18 heavy (non-hydrogen) atoms. The van der Waals surface area contributed by atoms with Gasteiger partial charge in [0.2, 0.25) is 5.91 Å². The van der Waals surface area contributed by atoms with Crippen molar-refractivity contribution in [3.63, 3.8) is 0 Å². The molecular weight excluding hydrogens is 275 g/mol. The summed E-state index contributed by atoms with van der Waals surface area (Å²) in [6.45, 7) is 1.22. The number of halogens is 2. The van der Waals surface area contributed by atoms with Crippen molar-refractivity contribution < 1.29 is 9.18 Å². The van der Waals surface area contributed by atoms with E-state index in [4.69, 9.17) is 11.6 Å². The van der Waals surface area contributed by atoms with Gasteiger partial charge in [-0.05, 0) is 17.7 Å². The molecule has 3 nitrogen and oxygen atoms in total. The number of thioether (sulfide) groups is 1. The van der Waals surface area contributed by atoms with Gasteiger partial charge in [0.05, 0.1) is 11.1 Å². The van der Waals surface area contributed by atoms with Crippen molar-refractivity contribution in [2.45, 2.75) is 12.6 Å². The molecule has 0 aromatic heterocycles. The number of carbonyl (C=O) groups is 1. The summed E-state index contributed by atoms with van der Waals surface area (Å²) < 4.78 is 13.0. The van der Waals surface area contributed by atoms with Crippen molar-refractivity contribution in [3.8, 4) is 0 Å². The molecule has 1 unspecified atom stereocenters. The highest BCUT2D eigenvalue weighted by Crippen LogP contribution is 2.16. The first-order chi connectivity index (χ1) is 8.66. The van der Waals surface area contributed by atoms with Crippen molar-refractivity contribution >= 4 is 29.3 Å². The van der Waals surface area contributed by atoms with Crippen LogP contribution in [0.3, 0.4) is 0 Å². The molecule has 1 aliphatic heterocycles. The Morgan fingerprint density at radius 2 is 2.44 bits per heavy atom. The highest BCUT2D eigenvalue weighted by Gasteiger charge is 2.20. The van der Waals surface area contributed by atoms with Crippen LogP contribution in [-0.2, 0) is 11.3 Å². The largest absolute Gasteiger partial charge is 0.351 e. The Morgan fingerprint density at radius 3 is 3.11 bits per heavy atom. The van der Waals surface area contributed by atoms with Crippen molar-refractivity contribution in [2.75, 3.05) is 18.1 Å². The fourth-order valence-electron chi connectivity index (χ4n) is 1.70. The molecule has 1 aliphatic rings. The first kappa shape index (κ1) is 13.6. The second-order valence-corrected chi connectivity index (χ2v) is 5.60. The fraction of sp³-hybridized carbons (Fsp3) is 0.417. The molecule has 1 heterocycles. The summed E-state index contributed by atoms with van der Waals surface area (Å²) in [7, 11) is 0. The predicted molar refractivity (Wildman–Crippen MR) is 72.4 cm³/mol. The summed E-state index contributed by atoms with van der Waals surface area (Å²) >= 11 is 7.44. The summed E-state index contributed by atoms with van der Waals surface area (Å²) in [6.07, 6.45) is 0. The van der Waals surface area contributed by atoms with E-state index >= 15 is 0 Å². The van der Waals surface area contributed by atoms with Gasteiger partial charge in [0, 0.05) is 24.6 Å². The first-order valence-corrected chi connectivity index (χ1v) is 7.23. The lowest BCUT2D eigenvalue weighted by molar-refractivity contribution is -0.122.